The van der Waals surface area contributed by atoms with E-state index in [1.165, 1.54) is 0 Å². The predicted octanol–water partition coefficient (Wildman–Crippen LogP) is 2.12. The van der Waals surface area contributed by atoms with Gasteiger partial charge in [-0.2, -0.15) is 0 Å². The van der Waals surface area contributed by atoms with E-state index in [9.17, 15) is 4.79 Å². The highest BCUT2D eigenvalue weighted by molar-refractivity contribution is 5.80. The molecule has 0 aromatic heterocycles. The van der Waals surface area contributed by atoms with Gasteiger partial charge in [-0.05, 0) is 19.8 Å². The first-order valence-corrected chi connectivity index (χ1v) is 6.58. The molecule has 0 radical (unpaired) electrons. The molecule has 0 amide bonds. The molecule has 17 heavy (non-hydrogen) atoms. The molecule has 0 saturated heterocycles. The minimum atomic E-state index is -0.537. The van der Waals surface area contributed by atoms with Crippen molar-refractivity contribution in [2.75, 3.05) is 26.9 Å². The maximum absolute atomic E-state index is 12.1. The average Bonchev–Trinajstić information content (AvgIpc) is 2.34. The molecule has 4 nitrogen and oxygen atoms in total. The van der Waals surface area contributed by atoms with Gasteiger partial charge in [0, 0.05) is 13.7 Å². The largest absolute Gasteiger partial charge is 0.465 e. The van der Waals surface area contributed by atoms with Crippen molar-refractivity contribution in [3.8, 4) is 0 Å². The molecule has 0 aromatic rings. The molecule has 0 heterocycles. The number of nitrogens with one attached hydrogen (secondary N) is 1. The molecule has 0 fully saturated rings. The zero-order valence-electron chi connectivity index (χ0n) is 11.7. The summed E-state index contributed by atoms with van der Waals surface area (Å²) >= 11 is 0. The average molecular weight is 245 g/mol. The molecule has 0 rings (SSSR count). The third-order valence-corrected chi connectivity index (χ3v) is 3.00. The van der Waals surface area contributed by atoms with Crippen LogP contribution in [-0.2, 0) is 14.3 Å². The summed E-state index contributed by atoms with van der Waals surface area (Å²) in [6.45, 7) is 7.69. The second-order valence-electron chi connectivity index (χ2n) is 4.18. The van der Waals surface area contributed by atoms with E-state index >= 15 is 0 Å². The number of rotatable bonds is 10. The second kappa shape index (κ2) is 9.42. The van der Waals surface area contributed by atoms with E-state index in [1.807, 2.05) is 13.8 Å². The first-order valence-electron chi connectivity index (χ1n) is 6.58. The van der Waals surface area contributed by atoms with Gasteiger partial charge >= 0.3 is 5.97 Å². The maximum Gasteiger partial charge on any atom is 0.326 e. The van der Waals surface area contributed by atoms with Crippen molar-refractivity contribution in [2.24, 2.45) is 0 Å². The first-order chi connectivity index (χ1) is 8.16. The fourth-order valence-electron chi connectivity index (χ4n) is 1.85. The summed E-state index contributed by atoms with van der Waals surface area (Å²) in [7, 11) is 1.66. The van der Waals surface area contributed by atoms with Gasteiger partial charge in [0.1, 0.15) is 5.54 Å². The molecular formula is C13H27NO3. The highest BCUT2D eigenvalue weighted by Crippen LogP contribution is 2.20. The molecule has 0 spiro atoms. The molecule has 0 bridgehead atoms. The minimum Gasteiger partial charge on any atom is -0.465 e. The lowest BCUT2D eigenvalue weighted by Gasteiger charge is -2.31. The fraction of sp³-hybridized carbons (Fsp3) is 0.923. The van der Waals surface area contributed by atoms with Crippen LogP contribution in [0.3, 0.4) is 0 Å². The monoisotopic (exact) mass is 245 g/mol. The lowest BCUT2D eigenvalue weighted by atomic mass is 9.89. The maximum atomic E-state index is 12.1. The Morgan fingerprint density at radius 2 is 2.00 bits per heavy atom. The summed E-state index contributed by atoms with van der Waals surface area (Å²) in [6, 6.07) is 0. The van der Waals surface area contributed by atoms with Gasteiger partial charge < -0.3 is 9.47 Å². The number of unbranched alkanes of at least 4 members (excludes halogenated alkanes) is 1. The molecule has 0 aliphatic carbocycles. The van der Waals surface area contributed by atoms with Crippen molar-refractivity contribution in [2.45, 2.75) is 52.0 Å². The van der Waals surface area contributed by atoms with Crippen LogP contribution in [0.5, 0.6) is 0 Å². The predicted molar refractivity (Wildman–Crippen MR) is 69.1 cm³/mol. The lowest BCUT2D eigenvalue weighted by Crippen LogP contribution is -2.53. The van der Waals surface area contributed by atoms with Gasteiger partial charge in [-0.25, -0.2) is 0 Å². The third-order valence-electron chi connectivity index (χ3n) is 3.00. The molecule has 0 aromatic carbocycles. The van der Waals surface area contributed by atoms with Crippen LogP contribution in [0.15, 0.2) is 0 Å². The van der Waals surface area contributed by atoms with Gasteiger partial charge in [-0.3, -0.25) is 10.1 Å². The Bertz CT molecular complexity index is 209. The van der Waals surface area contributed by atoms with Crippen LogP contribution in [0.25, 0.3) is 0 Å². The Morgan fingerprint density at radius 1 is 1.29 bits per heavy atom. The van der Waals surface area contributed by atoms with E-state index in [-0.39, 0.29) is 5.97 Å². The Kier molecular flexibility index (Phi) is 9.09. The standard InChI is InChI=1S/C13H27NO3/c1-5-8-9-13(6-2,12(15)17-7-3)14-10-11-16-4/h14H,5-11H2,1-4H3. The quantitative estimate of drug-likeness (QED) is 0.473. The van der Waals surface area contributed by atoms with Crippen molar-refractivity contribution >= 4 is 5.97 Å². The second-order valence-corrected chi connectivity index (χ2v) is 4.18. The van der Waals surface area contributed by atoms with Crippen molar-refractivity contribution in [3.63, 3.8) is 0 Å². The number of methoxy groups -OCH3 is 1. The van der Waals surface area contributed by atoms with Crippen LogP contribution in [0.2, 0.25) is 0 Å². The highest BCUT2D eigenvalue weighted by Gasteiger charge is 2.36. The van der Waals surface area contributed by atoms with Crippen LogP contribution in [-0.4, -0.2) is 38.4 Å². The minimum absolute atomic E-state index is 0.132. The zero-order valence-corrected chi connectivity index (χ0v) is 11.7. The van der Waals surface area contributed by atoms with Crippen LogP contribution < -0.4 is 5.32 Å². The Morgan fingerprint density at radius 3 is 2.47 bits per heavy atom. The van der Waals surface area contributed by atoms with Gasteiger partial charge in [-0.15, -0.1) is 0 Å². The lowest BCUT2D eigenvalue weighted by molar-refractivity contribution is -0.152. The highest BCUT2D eigenvalue weighted by atomic mass is 16.5. The number of esters is 1. The van der Waals surface area contributed by atoms with E-state index in [2.05, 4.69) is 12.2 Å². The molecule has 0 aliphatic rings. The number of ether oxygens (including phenoxy) is 2. The van der Waals surface area contributed by atoms with E-state index in [0.717, 1.165) is 25.7 Å². The van der Waals surface area contributed by atoms with Gasteiger partial charge in [0.2, 0.25) is 0 Å². The van der Waals surface area contributed by atoms with E-state index in [1.54, 1.807) is 7.11 Å². The fourth-order valence-corrected chi connectivity index (χ4v) is 1.85. The first kappa shape index (κ1) is 16.4. The molecule has 1 N–H and O–H groups in total. The normalized spacial score (nSPS) is 14.4. The molecule has 4 heteroatoms. The van der Waals surface area contributed by atoms with Crippen molar-refractivity contribution in [1.82, 2.24) is 5.32 Å². The molecule has 1 atom stereocenters. The number of hydrogen-bond acceptors (Lipinski definition) is 4. The SMILES string of the molecule is CCCCC(CC)(NCCOC)C(=O)OCC. The molecule has 1 unspecified atom stereocenters. The number of carbonyl (C=O) groups excluding carboxylic acids is 1. The van der Waals surface area contributed by atoms with E-state index in [4.69, 9.17) is 9.47 Å². The number of carbonyl (C=O) groups is 1. The number of hydrogen-bond donors (Lipinski definition) is 1. The molecular weight excluding hydrogens is 218 g/mol. The van der Waals surface area contributed by atoms with E-state index < -0.39 is 5.54 Å². The van der Waals surface area contributed by atoms with Gasteiger partial charge in [0.15, 0.2) is 0 Å². The van der Waals surface area contributed by atoms with Crippen LogP contribution in [0.4, 0.5) is 0 Å². The van der Waals surface area contributed by atoms with Crippen molar-refractivity contribution in [1.29, 1.82) is 0 Å². The zero-order chi connectivity index (χ0) is 13.1. The molecule has 0 saturated carbocycles. The summed E-state index contributed by atoms with van der Waals surface area (Å²) in [5, 5.41) is 3.30. The Balaban J connectivity index is 4.54. The topological polar surface area (TPSA) is 47.6 Å². The summed E-state index contributed by atoms with van der Waals surface area (Å²) in [5.41, 5.74) is -0.537. The van der Waals surface area contributed by atoms with Crippen molar-refractivity contribution in [3.05, 3.63) is 0 Å². The summed E-state index contributed by atoms with van der Waals surface area (Å²) in [4.78, 5) is 12.1. The van der Waals surface area contributed by atoms with Crippen LogP contribution in [0.1, 0.15) is 46.5 Å². The summed E-state index contributed by atoms with van der Waals surface area (Å²) < 4.78 is 10.2. The van der Waals surface area contributed by atoms with Crippen molar-refractivity contribution < 1.29 is 14.3 Å². The smallest absolute Gasteiger partial charge is 0.326 e. The van der Waals surface area contributed by atoms with Crippen LogP contribution in [0, 0.1) is 0 Å². The summed E-state index contributed by atoms with van der Waals surface area (Å²) in [5.74, 6) is -0.132. The van der Waals surface area contributed by atoms with Gasteiger partial charge in [0.05, 0.1) is 13.2 Å². The molecule has 102 valence electrons. The van der Waals surface area contributed by atoms with Crippen LogP contribution >= 0.6 is 0 Å². The van der Waals surface area contributed by atoms with Gasteiger partial charge in [0.25, 0.3) is 0 Å². The third kappa shape index (κ3) is 5.50. The molecule has 0 aliphatic heterocycles. The Labute approximate surface area is 105 Å². The Hall–Kier alpha value is -0.610. The van der Waals surface area contributed by atoms with Gasteiger partial charge in [-0.1, -0.05) is 26.7 Å². The van der Waals surface area contributed by atoms with E-state index in [0.29, 0.717) is 19.8 Å². The summed E-state index contributed by atoms with van der Waals surface area (Å²) in [6.07, 6.45) is 3.66.